The quantitative estimate of drug-likeness (QED) is 0.315. The van der Waals surface area contributed by atoms with Gasteiger partial charge >= 0.3 is 16.0 Å². The highest BCUT2D eigenvalue weighted by atomic mass is 32.3. The molecule has 3 rings (SSSR count). The topological polar surface area (TPSA) is 182 Å². The van der Waals surface area contributed by atoms with Gasteiger partial charge in [0.2, 0.25) is 12.2 Å². The molecule has 1 aliphatic heterocycles. The molecular formula is C18H21NO11S. The summed E-state index contributed by atoms with van der Waals surface area (Å²) in [6, 6.07) is 4.65. The van der Waals surface area contributed by atoms with Crippen molar-refractivity contribution >= 4 is 27.3 Å². The lowest BCUT2D eigenvalue weighted by Crippen LogP contribution is -2.65. The number of rotatable bonds is 6. The minimum Gasteiger partial charge on any atom is -0.462 e. The van der Waals surface area contributed by atoms with Crippen LogP contribution in [0.4, 0.5) is 0 Å². The number of carbonyl (C=O) groups excluding carboxylic acids is 1. The van der Waals surface area contributed by atoms with Crippen LogP contribution in [0.5, 0.6) is 5.75 Å². The van der Waals surface area contributed by atoms with E-state index in [0.717, 1.165) is 0 Å². The van der Waals surface area contributed by atoms with Crippen molar-refractivity contribution in [2.75, 3.05) is 6.61 Å². The molecule has 0 unspecified atom stereocenters. The molecule has 13 heteroatoms. The van der Waals surface area contributed by atoms with Crippen molar-refractivity contribution in [3.8, 4) is 5.75 Å². The average molecular weight is 459 g/mol. The maximum Gasteiger partial charge on any atom is 0.397 e. The van der Waals surface area contributed by atoms with Gasteiger partial charge < -0.3 is 29.4 Å². The maximum atomic E-state index is 11.6. The number of aliphatic hydroxyl groups is 2. The van der Waals surface area contributed by atoms with Crippen molar-refractivity contribution in [3.05, 3.63) is 40.2 Å². The lowest BCUT2D eigenvalue weighted by molar-refractivity contribution is -0.242. The van der Waals surface area contributed by atoms with E-state index in [-0.39, 0.29) is 11.3 Å². The zero-order chi connectivity index (χ0) is 22.9. The molecule has 12 nitrogen and oxygen atoms in total. The van der Waals surface area contributed by atoms with Crippen molar-refractivity contribution in [1.82, 2.24) is 5.32 Å². The number of carbonyl (C=O) groups is 1. The molecular weight excluding hydrogens is 438 g/mol. The summed E-state index contributed by atoms with van der Waals surface area (Å²) in [7, 11) is -4.83. The Labute approximate surface area is 176 Å². The van der Waals surface area contributed by atoms with Gasteiger partial charge in [-0.05, 0) is 24.6 Å². The molecule has 0 saturated carbocycles. The Morgan fingerprint density at radius 1 is 1.23 bits per heavy atom. The van der Waals surface area contributed by atoms with E-state index < -0.39 is 59.2 Å². The number of aliphatic hydroxyl groups excluding tert-OH is 2. The second-order valence-electron chi connectivity index (χ2n) is 6.99. The zero-order valence-corrected chi connectivity index (χ0v) is 17.2. The van der Waals surface area contributed by atoms with Gasteiger partial charge in [-0.15, -0.1) is 0 Å². The van der Waals surface area contributed by atoms with Crippen molar-refractivity contribution in [3.63, 3.8) is 0 Å². The summed E-state index contributed by atoms with van der Waals surface area (Å²) in [6.07, 6.45) is -6.12. The first kappa shape index (κ1) is 23.1. The van der Waals surface area contributed by atoms with Gasteiger partial charge in [-0.2, -0.15) is 8.42 Å². The van der Waals surface area contributed by atoms with Crippen LogP contribution in [-0.2, 0) is 24.1 Å². The molecule has 0 radical (unpaired) electrons. The molecule has 0 aliphatic carbocycles. The van der Waals surface area contributed by atoms with Crippen LogP contribution >= 0.6 is 0 Å². The summed E-state index contributed by atoms with van der Waals surface area (Å²) in [6.45, 7) is 2.08. The molecule has 170 valence electrons. The van der Waals surface area contributed by atoms with Gasteiger partial charge in [0.15, 0.2) is 0 Å². The van der Waals surface area contributed by atoms with Crippen LogP contribution in [0.15, 0.2) is 33.5 Å². The van der Waals surface area contributed by atoms with Crippen molar-refractivity contribution < 1.29 is 46.1 Å². The minimum atomic E-state index is -4.83. The summed E-state index contributed by atoms with van der Waals surface area (Å²) in [4.78, 5) is 23.2. The van der Waals surface area contributed by atoms with Gasteiger partial charge in [-0.25, -0.2) is 8.98 Å². The lowest BCUT2D eigenvalue weighted by atomic mass is 9.97. The van der Waals surface area contributed by atoms with Crippen LogP contribution in [-0.4, -0.2) is 66.3 Å². The van der Waals surface area contributed by atoms with Gasteiger partial charge in [0, 0.05) is 24.4 Å². The largest absolute Gasteiger partial charge is 0.462 e. The fourth-order valence-corrected chi connectivity index (χ4v) is 3.53. The predicted molar refractivity (Wildman–Crippen MR) is 104 cm³/mol. The predicted octanol–water partition coefficient (Wildman–Crippen LogP) is -0.749. The first-order valence-corrected chi connectivity index (χ1v) is 10.4. The normalized spacial score (nSPS) is 26.5. The van der Waals surface area contributed by atoms with Gasteiger partial charge in [0.05, 0.1) is 6.61 Å². The van der Waals surface area contributed by atoms with E-state index >= 15 is 0 Å². The lowest BCUT2D eigenvalue weighted by Gasteiger charge is -2.42. The van der Waals surface area contributed by atoms with E-state index in [9.17, 15) is 28.2 Å². The highest BCUT2D eigenvalue weighted by Gasteiger charge is 2.46. The molecule has 0 bridgehead atoms. The fraction of sp³-hybridized carbons (Fsp3) is 0.444. The summed E-state index contributed by atoms with van der Waals surface area (Å²) >= 11 is 0. The third-order valence-corrected chi connectivity index (χ3v) is 5.06. The molecule has 1 amide bonds. The third-order valence-electron chi connectivity index (χ3n) is 4.63. The Balaban J connectivity index is 1.89. The van der Waals surface area contributed by atoms with Crippen molar-refractivity contribution in [2.45, 2.75) is 44.5 Å². The van der Waals surface area contributed by atoms with E-state index in [4.69, 9.17) is 18.4 Å². The van der Waals surface area contributed by atoms with Gasteiger partial charge in [-0.1, -0.05) is 0 Å². The third kappa shape index (κ3) is 5.58. The fourth-order valence-electron chi connectivity index (χ4n) is 3.22. The van der Waals surface area contributed by atoms with Crippen molar-refractivity contribution in [2.24, 2.45) is 0 Å². The summed E-state index contributed by atoms with van der Waals surface area (Å²) < 4.78 is 51.0. The van der Waals surface area contributed by atoms with E-state index in [2.05, 4.69) is 9.50 Å². The number of aryl methyl sites for hydroxylation is 1. The molecule has 2 heterocycles. The Morgan fingerprint density at radius 2 is 1.94 bits per heavy atom. The highest BCUT2D eigenvalue weighted by Crippen LogP contribution is 2.27. The summed E-state index contributed by atoms with van der Waals surface area (Å²) in [5.74, 6) is -0.416. The molecule has 0 spiro atoms. The van der Waals surface area contributed by atoms with Crippen LogP contribution < -0.4 is 15.7 Å². The van der Waals surface area contributed by atoms with Crippen LogP contribution in [0.1, 0.15) is 12.5 Å². The van der Waals surface area contributed by atoms with Crippen LogP contribution in [0.25, 0.3) is 11.0 Å². The molecule has 1 saturated heterocycles. The second-order valence-corrected chi connectivity index (χ2v) is 8.08. The summed E-state index contributed by atoms with van der Waals surface area (Å²) in [5.41, 5.74) is 0.346. The second kappa shape index (κ2) is 8.90. The van der Waals surface area contributed by atoms with E-state index in [1.165, 1.54) is 25.1 Å². The van der Waals surface area contributed by atoms with Crippen molar-refractivity contribution in [1.29, 1.82) is 0 Å². The number of hydrogen-bond acceptors (Lipinski definition) is 10. The maximum absolute atomic E-state index is 11.6. The number of ether oxygens (including phenoxy) is 2. The molecule has 31 heavy (non-hydrogen) atoms. The molecule has 5 atom stereocenters. The molecule has 2 aromatic rings. The monoisotopic (exact) mass is 459 g/mol. The Kier molecular flexibility index (Phi) is 6.64. The van der Waals surface area contributed by atoms with Crippen LogP contribution in [0, 0.1) is 6.92 Å². The first-order valence-electron chi connectivity index (χ1n) is 9.06. The number of amides is 1. The van der Waals surface area contributed by atoms with Gasteiger partial charge in [0.25, 0.3) is 0 Å². The van der Waals surface area contributed by atoms with Crippen LogP contribution in [0.3, 0.4) is 0 Å². The Morgan fingerprint density at radius 3 is 2.58 bits per heavy atom. The number of hydrogen-bond donors (Lipinski definition) is 4. The Hall–Kier alpha value is -2.55. The van der Waals surface area contributed by atoms with Gasteiger partial charge in [-0.3, -0.25) is 9.35 Å². The molecule has 1 fully saturated rings. The SMILES string of the molecule is CC(=O)N[C@@H]1[C@H](Oc2ccc3c(C)cc(=O)oc3c2)O[C@H](COS(=O)(=O)O)[C@@H](O)[C@H]1O. The van der Waals surface area contributed by atoms with E-state index in [0.29, 0.717) is 10.9 Å². The molecule has 1 aromatic heterocycles. The molecule has 1 aliphatic rings. The molecule has 1 aromatic carbocycles. The van der Waals surface area contributed by atoms with E-state index in [1.54, 1.807) is 13.0 Å². The number of benzene rings is 1. The number of nitrogens with one attached hydrogen (secondary N) is 1. The van der Waals surface area contributed by atoms with E-state index in [1.807, 2.05) is 0 Å². The number of fused-ring (bicyclic) bond motifs is 1. The zero-order valence-electron chi connectivity index (χ0n) is 16.4. The average Bonchev–Trinajstić information content (AvgIpc) is 2.65. The van der Waals surface area contributed by atoms with Gasteiger partial charge in [0.1, 0.15) is 35.7 Å². The summed E-state index contributed by atoms with van der Waals surface area (Å²) in [5, 5.41) is 23.7. The first-order chi connectivity index (χ1) is 14.4. The highest BCUT2D eigenvalue weighted by molar-refractivity contribution is 7.80. The van der Waals surface area contributed by atoms with Crippen LogP contribution in [0.2, 0.25) is 0 Å². The Bertz CT molecular complexity index is 1130. The molecule has 4 N–H and O–H groups in total. The standard InChI is InChI=1S/C18H21NO11S/c1-8-5-14(21)29-12-6-10(3-4-11(8)12)28-18-15(19-9(2)20)17(23)16(22)13(30-18)7-27-31(24,25)26/h3-6,13,15-18,22-23H,7H2,1-2H3,(H,19,20)(H,24,25,26)/t13-,15+,16-,17+,18-/m1/s1. The smallest absolute Gasteiger partial charge is 0.397 e. The minimum absolute atomic E-state index is 0.139.